The summed E-state index contributed by atoms with van der Waals surface area (Å²) < 4.78 is 72.7. The summed E-state index contributed by atoms with van der Waals surface area (Å²) in [5.74, 6) is -6.42. The van der Waals surface area contributed by atoms with Crippen LogP contribution in [0.25, 0.3) is 16.6 Å². The first-order valence-electron chi connectivity index (χ1n) is 9.53. The van der Waals surface area contributed by atoms with Crippen LogP contribution in [0.3, 0.4) is 0 Å². The van der Waals surface area contributed by atoms with Crippen molar-refractivity contribution in [3.05, 3.63) is 52.6 Å². The van der Waals surface area contributed by atoms with Crippen LogP contribution in [-0.4, -0.2) is 0 Å². The highest BCUT2D eigenvalue weighted by Gasteiger charge is 2.28. The van der Waals surface area contributed by atoms with Gasteiger partial charge in [-0.2, -0.15) is 0 Å². The van der Waals surface area contributed by atoms with Crippen LogP contribution in [0.5, 0.6) is 0 Å². The lowest BCUT2D eigenvalue weighted by molar-refractivity contribution is 0.268. The first kappa shape index (κ1) is 19.8. The Morgan fingerprint density at radius 1 is 0.926 bits per heavy atom. The molecule has 0 aliphatic heterocycles. The minimum absolute atomic E-state index is 0.0104. The number of hydrogen-bond acceptors (Lipinski definition) is 0. The van der Waals surface area contributed by atoms with E-state index in [4.69, 9.17) is 0 Å². The molecule has 1 fully saturated rings. The number of rotatable bonds is 4. The third kappa shape index (κ3) is 3.61. The van der Waals surface area contributed by atoms with Crippen molar-refractivity contribution < 1.29 is 22.0 Å². The Morgan fingerprint density at radius 2 is 1.59 bits per heavy atom. The van der Waals surface area contributed by atoms with Gasteiger partial charge < -0.3 is 0 Å². The summed E-state index contributed by atoms with van der Waals surface area (Å²) in [5, 5.41) is -0.511. The van der Waals surface area contributed by atoms with Crippen LogP contribution in [-0.2, 0) is 6.42 Å². The molecule has 2 aromatic carbocycles. The molecule has 1 aliphatic carbocycles. The van der Waals surface area contributed by atoms with Crippen molar-refractivity contribution in [3.8, 4) is 0 Å². The number of allylic oxidation sites excluding steroid dienone is 1. The lowest BCUT2D eigenvalue weighted by atomic mass is 9.80. The molecule has 1 saturated carbocycles. The van der Waals surface area contributed by atoms with Crippen LogP contribution >= 0.6 is 0 Å². The first-order chi connectivity index (χ1) is 12.9. The van der Waals surface area contributed by atoms with Gasteiger partial charge in [0, 0.05) is 5.92 Å². The molecule has 0 heterocycles. The van der Waals surface area contributed by atoms with Gasteiger partial charge in [-0.05, 0) is 55.0 Å². The number of fused-ring (bicyclic) bond motifs is 1. The Labute approximate surface area is 156 Å². The fourth-order valence-electron chi connectivity index (χ4n) is 3.99. The highest BCUT2D eigenvalue weighted by atomic mass is 19.2. The third-order valence-electron chi connectivity index (χ3n) is 5.81. The molecule has 0 bridgehead atoms. The van der Waals surface area contributed by atoms with Crippen LogP contribution in [0, 0.1) is 29.3 Å². The second kappa shape index (κ2) is 7.99. The van der Waals surface area contributed by atoms with Gasteiger partial charge in [0.2, 0.25) is 0 Å². The lowest BCUT2D eigenvalue weighted by Crippen LogP contribution is -2.15. The predicted molar refractivity (Wildman–Crippen MR) is 98.1 cm³/mol. The molecule has 0 N–H and O–H groups in total. The Kier molecular flexibility index (Phi) is 5.87. The van der Waals surface area contributed by atoms with E-state index >= 15 is 0 Å². The highest BCUT2D eigenvalue weighted by Crippen LogP contribution is 2.40. The van der Waals surface area contributed by atoms with Crippen LogP contribution in [0.2, 0.25) is 0 Å². The zero-order valence-corrected chi connectivity index (χ0v) is 15.5. The zero-order chi connectivity index (χ0) is 19.7. The van der Waals surface area contributed by atoms with E-state index in [2.05, 4.69) is 6.92 Å². The number of hydrogen-bond donors (Lipinski definition) is 0. The summed E-state index contributed by atoms with van der Waals surface area (Å²) in [6.07, 6.45) is 3.88. The van der Waals surface area contributed by atoms with Crippen LogP contribution in [0.4, 0.5) is 22.0 Å². The van der Waals surface area contributed by atoms with Gasteiger partial charge in [0.1, 0.15) is 11.6 Å². The molecule has 0 amide bonds. The summed E-state index contributed by atoms with van der Waals surface area (Å²) in [6, 6.07) is 3.84. The quantitative estimate of drug-likeness (QED) is 0.477. The fourth-order valence-corrected chi connectivity index (χ4v) is 3.99. The Bertz CT molecular complexity index is 876. The molecule has 0 atom stereocenters. The maximum atomic E-state index is 14.7. The summed E-state index contributed by atoms with van der Waals surface area (Å²) in [4.78, 5) is 0. The summed E-state index contributed by atoms with van der Waals surface area (Å²) in [6.45, 7) is 3.76. The van der Waals surface area contributed by atoms with E-state index in [-0.39, 0.29) is 10.9 Å². The minimum atomic E-state index is -1.55. The number of aryl methyl sites for hydroxylation is 1. The van der Waals surface area contributed by atoms with Gasteiger partial charge in [-0.1, -0.05) is 32.4 Å². The van der Waals surface area contributed by atoms with Crippen molar-refractivity contribution >= 4 is 16.6 Å². The Morgan fingerprint density at radius 3 is 2.19 bits per heavy atom. The molecule has 146 valence electrons. The van der Waals surface area contributed by atoms with Crippen molar-refractivity contribution in [2.75, 3.05) is 0 Å². The van der Waals surface area contributed by atoms with E-state index in [1.165, 1.54) is 12.1 Å². The van der Waals surface area contributed by atoms with E-state index in [1.54, 1.807) is 6.92 Å². The average Bonchev–Trinajstić information content (AvgIpc) is 2.69. The smallest absolute Gasteiger partial charge is 0.170 e. The van der Waals surface area contributed by atoms with Crippen molar-refractivity contribution in [3.63, 3.8) is 0 Å². The Balaban J connectivity index is 2.04. The summed E-state index contributed by atoms with van der Waals surface area (Å²) in [7, 11) is 0. The van der Waals surface area contributed by atoms with E-state index in [1.807, 2.05) is 0 Å². The van der Waals surface area contributed by atoms with Crippen LogP contribution in [0.15, 0.2) is 24.0 Å². The van der Waals surface area contributed by atoms with Crippen LogP contribution < -0.4 is 0 Å². The van der Waals surface area contributed by atoms with Crippen LogP contribution in [0.1, 0.15) is 57.1 Å². The van der Waals surface area contributed by atoms with Gasteiger partial charge in [0.25, 0.3) is 0 Å². The predicted octanol–water partition coefficient (Wildman–Crippen LogP) is 7.64. The molecule has 27 heavy (non-hydrogen) atoms. The maximum absolute atomic E-state index is 14.7. The van der Waals surface area contributed by atoms with E-state index in [9.17, 15) is 22.0 Å². The van der Waals surface area contributed by atoms with E-state index in [0.717, 1.165) is 25.3 Å². The van der Waals surface area contributed by atoms with Gasteiger partial charge in [-0.3, -0.25) is 0 Å². The molecule has 2 aromatic rings. The summed E-state index contributed by atoms with van der Waals surface area (Å²) >= 11 is 0. The number of halogens is 5. The van der Waals surface area contributed by atoms with Gasteiger partial charge in [0.15, 0.2) is 17.5 Å². The molecule has 0 nitrogen and oxygen atoms in total. The molecule has 0 radical (unpaired) electrons. The first-order valence-corrected chi connectivity index (χ1v) is 9.53. The molecular formula is C22H23F5. The van der Waals surface area contributed by atoms with Crippen molar-refractivity contribution in [1.29, 1.82) is 0 Å². The molecule has 0 aromatic heterocycles. The van der Waals surface area contributed by atoms with Gasteiger partial charge in [0.05, 0.1) is 10.9 Å². The zero-order valence-electron chi connectivity index (χ0n) is 15.5. The van der Waals surface area contributed by atoms with E-state index in [0.29, 0.717) is 25.2 Å². The van der Waals surface area contributed by atoms with Crippen molar-refractivity contribution in [2.45, 2.75) is 52.4 Å². The molecule has 3 rings (SSSR count). The monoisotopic (exact) mass is 382 g/mol. The molecule has 0 spiro atoms. The van der Waals surface area contributed by atoms with E-state index < -0.39 is 46.0 Å². The highest BCUT2D eigenvalue weighted by molar-refractivity contribution is 5.88. The summed E-state index contributed by atoms with van der Waals surface area (Å²) in [5.41, 5.74) is -0.540. The Hall–Kier alpha value is -1.91. The average molecular weight is 382 g/mol. The van der Waals surface area contributed by atoms with Crippen molar-refractivity contribution in [2.24, 2.45) is 11.8 Å². The topological polar surface area (TPSA) is 0 Å². The standard InChI is InChI=1S/C22H23F5/c1-3-12-5-7-14(8-6-12)19(24)20(25)16-11-15-10-9-13(4-2)18(23)17(15)22(27)21(16)26/h9-12,14H,3-8H2,1-2H3. The number of benzene rings is 2. The largest absolute Gasteiger partial charge is 0.208 e. The molecule has 0 unspecified atom stereocenters. The third-order valence-corrected chi connectivity index (χ3v) is 5.81. The van der Waals surface area contributed by atoms with Gasteiger partial charge in [-0.25, -0.2) is 22.0 Å². The molecule has 0 saturated heterocycles. The SMILES string of the molecule is CCc1ccc2cc(C(F)=C(F)C3CCC(CC)CC3)c(F)c(F)c2c1F. The molecule has 1 aliphatic rings. The second-order valence-corrected chi connectivity index (χ2v) is 7.33. The van der Waals surface area contributed by atoms with Crippen molar-refractivity contribution in [1.82, 2.24) is 0 Å². The fraction of sp³-hybridized carbons (Fsp3) is 0.455. The van der Waals surface area contributed by atoms with Gasteiger partial charge >= 0.3 is 0 Å². The lowest BCUT2D eigenvalue weighted by Gasteiger charge is -2.27. The molecule has 5 heteroatoms. The normalized spacial score (nSPS) is 21.4. The minimum Gasteiger partial charge on any atom is -0.208 e. The molecular weight excluding hydrogens is 359 g/mol. The van der Waals surface area contributed by atoms with Gasteiger partial charge in [-0.15, -0.1) is 0 Å². The second-order valence-electron chi connectivity index (χ2n) is 7.33. The maximum Gasteiger partial charge on any atom is 0.170 e.